The van der Waals surface area contributed by atoms with Crippen molar-refractivity contribution in [3.05, 3.63) is 23.8 Å². The predicted octanol–water partition coefficient (Wildman–Crippen LogP) is 0.631. The van der Waals surface area contributed by atoms with E-state index in [2.05, 4.69) is 16.2 Å². The summed E-state index contributed by atoms with van der Waals surface area (Å²) >= 11 is 0. The largest absolute Gasteiger partial charge is 0.454 e. The van der Waals surface area contributed by atoms with E-state index in [-0.39, 0.29) is 43.2 Å². The number of fused-ring (bicyclic) bond motifs is 1. The van der Waals surface area contributed by atoms with Crippen molar-refractivity contribution in [1.82, 2.24) is 20.5 Å². The average molecular weight is 463 g/mol. The summed E-state index contributed by atoms with van der Waals surface area (Å²) in [6, 6.07) is 6.09. The molecule has 3 aliphatic rings. The van der Waals surface area contributed by atoms with Crippen LogP contribution in [-0.2, 0) is 14.8 Å². The van der Waals surface area contributed by atoms with E-state index in [9.17, 15) is 8.42 Å². The van der Waals surface area contributed by atoms with Gasteiger partial charge in [0.2, 0.25) is 16.8 Å². The molecule has 3 N–H and O–H groups in total. The van der Waals surface area contributed by atoms with Crippen molar-refractivity contribution in [2.24, 2.45) is 5.92 Å². The van der Waals surface area contributed by atoms with E-state index in [0.29, 0.717) is 32.1 Å². The zero-order chi connectivity index (χ0) is 20.4. The lowest BCUT2D eigenvalue weighted by atomic mass is 9.94. The number of sulfonamides is 1. The molecule has 0 radical (unpaired) electrons. The first-order valence-electron chi connectivity index (χ1n) is 10.1. The molecule has 2 fully saturated rings. The maximum atomic E-state index is 12.6. The van der Waals surface area contributed by atoms with Crippen LogP contribution in [0.1, 0.15) is 25.5 Å². The number of hydrogen-bond acceptors (Lipinski definition) is 8. The molecule has 1 aromatic carbocycles. The summed E-state index contributed by atoms with van der Waals surface area (Å²) in [5, 5.41) is 3.32. The van der Waals surface area contributed by atoms with Crippen molar-refractivity contribution in [2.75, 3.05) is 45.3 Å². The van der Waals surface area contributed by atoms with Gasteiger partial charge in [0.15, 0.2) is 11.5 Å². The van der Waals surface area contributed by atoms with Gasteiger partial charge >= 0.3 is 0 Å². The van der Waals surface area contributed by atoms with E-state index in [1.54, 1.807) is 4.31 Å². The highest BCUT2D eigenvalue weighted by atomic mass is 35.5. The monoisotopic (exact) mass is 462 g/mol. The number of rotatable bonds is 7. The molecule has 1 aromatic rings. The summed E-state index contributed by atoms with van der Waals surface area (Å²) < 4.78 is 43.3. The molecule has 0 amide bonds. The van der Waals surface area contributed by atoms with Gasteiger partial charge in [-0.25, -0.2) is 13.8 Å². The van der Waals surface area contributed by atoms with Crippen LogP contribution in [0.25, 0.3) is 0 Å². The molecule has 170 valence electrons. The van der Waals surface area contributed by atoms with Gasteiger partial charge in [-0.05, 0) is 31.5 Å². The number of hydrogen-bond donors (Lipinski definition) is 3. The second-order valence-electron chi connectivity index (χ2n) is 7.97. The van der Waals surface area contributed by atoms with E-state index in [4.69, 9.17) is 14.2 Å². The Hall–Kier alpha value is -1.14. The van der Waals surface area contributed by atoms with Gasteiger partial charge in [-0.3, -0.25) is 5.43 Å². The second kappa shape index (κ2) is 9.99. The minimum atomic E-state index is -3.29. The molecule has 0 saturated carbocycles. The van der Waals surface area contributed by atoms with Gasteiger partial charge < -0.3 is 19.5 Å². The molecule has 11 heteroatoms. The first-order valence-corrected chi connectivity index (χ1v) is 11.8. The van der Waals surface area contributed by atoms with Crippen LogP contribution in [0.4, 0.5) is 0 Å². The van der Waals surface area contributed by atoms with Crippen molar-refractivity contribution in [1.29, 1.82) is 0 Å². The highest BCUT2D eigenvalue weighted by Gasteiger charge is 2.32. The van der Waals surface area contributed by atoms with E-state index in [1.807, 2.05) is 32.0 Å². The Kier molecular flexibility index (Phi) is 7.83. The van der Waals surface area contributed by atoms with Gasteiger partial charge in [-0.1, -0.05) is 6.07 Å². The van der Waals surface area contributed by atoms with Gasteiger partial charge in [-0.2, -0.15) is 4.31 Å². The molecule has 30 heavy (non-hydrogen) atoms. The van der Waals surface area contributed by atoms with Crippen LogP contribution in [0.5, 0.6) is 11.5 Å². The number of benzene rings is 1. The van der Waals surface area contributed by atoms with Crippen molar-refractivity contribution < 1.29 is 22.6 Å². The Labute approximate surface area is 184 Å². The quantitative estimate of drug-likeness (QED) is 0.507. The first-order chi connectivity index (χ1) is 13.9. The van der Waals surface area contributed by atoms with Gasteiger partial charge in [0.05, 0.1) is 24.0 Å². The summed E-state index contributed by atoms with van der Waals surface area (Å²) in [6.45, 7) is 6.87. The molecular formula is C19H31ClN4O5S. The van der Waals surface area contributed by atoms with Crippen LogP contribution in [0.2, 0.25) is 0 Å². The zero-order valence-electron chi connectivity index (χ0n) is 17.3. The van der Waals surface area contributed by atoms with E-state index in [0.717, 1.165) is 23.6 Å². The standard InChI is InChI=1S/C19H30N4O5S.ClH/c1-13-10-23(11-14(2)28-13)29(24,25)6-5-20-8-16-9-21-22-19(16)15-3-4-17-18(7-15)27-12-26-17;/h3-4,7,13-14,16,19-22H,5-6,8-12H2,1-2H3;1H. The lowest BCUT2D eigenvalue weighted by Crippen LogP contribution is -2.49. The van der Waals surface area contributed by atoms with E-state index in [1.165, 1.54) is 0 Å². The fourth-order valence-corrected chi connectivity index (χ4v) is 5.70. The average Bonchev–Trinajstić information content (AvgIpc) is 3.33. The summed E-state index contributed by atoms with van der Waals surface area (Å²) in [4.78, 5) is 0. The van der Waals surface area contributed by atoms with Crippen LogP contribution in [-0.4, -0.2) is 70.2 Å². The van der Waals surface area contributed by atoms with Gasteiger partial charge in [0.25, 0.3) is 0 Å². The number of nitrogens with one attached hydrogen (secondary N) is 3. The second-order valence-corrected chi connectivity index (χ2v) is 10.1. The summed E-state index contributed by atoms with van der Waals surface area (Å²) in [5.41, 5.74) is 7.63. The first kappa shape index (κ1) is 23.5. The molecule has 3 heterocycles. The maximum absolute atomic E-state index is 12.6. The highest BCUT2D eigenvalue weighted by molar-refractivity contribution is 7.89. The van der Waals surface area contributed by atoms with Crippen molar-refractivity contribution >= 4 is 22.4 Å². The molecule has 0 spiro atoms. The Morgan fingerprint density at radius 3 is 2.67 bits per heavy atom. The Bertz CT molecular complexity index is 817. The third-order valence-corrected chi connectivity index (χ3v) is 7.38. The fraction of sp³-hybridized carbons (Fsp3) is 0.684. The molecule has 2 saturated heterocycles. The van der Waals surface area contributed by atoms with Crippen LogP contribution < -0.4 is 25.6 Å². The normalized spacial score (nSPS) is 29.0. The third-order valence-electron chi connectivity index (χ3n) is 5.57. The third kappa shape index (κ3) is 5.37. The lowest BCUT2D eigenvalue weighted by molar-refractivity contribution is -0.0440. The molecule has 9 nitrogen and oxygen atoms in total. The molecule has 3 aliphatic heterocycles. The Morgan fingerprint density at radius 1 is 1.17 bits per heavy atom. The number of halogens is 1. The van der Waals surface area contributed by atoms with Gasteiger partial charge in [0, 0.05) is 38.6 Å². The molecule has 4 atom stereocenters. The highest BCUT2D eigenvalue weighted by Crippen LogP contribution is 2.36. The number of ether oxygens (including phenoxy) is 3. The van der Waals surface area contributed by atoms with Crippen molar-refractivity contribution in [3.8, 4) is 11.5 Å². The van der Waals surface area contributed by atoms with Gasteiger partial charge in [0.1, 0.15) is 0 Å². The summed E-state index contributed by atoms with van der Waals surface area (Å²) in [6.07, 6.45) is -0.140. The maximum Gasteiger partial charge on any atom is 0.231 e. The van der Waals surface area contributed by atoms with Crippen LogP contribution in [0.3, 0.4) is 0 Å². The molecule has 0 aliphatic carbocycles. The van der Waals surface area contributed by atoms with Crippen molar-refractivity contribution in [3.63, 3.8) is 0 Å². The van der Waals surface area contributed by atoms with Gasteiger partial charge in [-0.15, -0.1) is 12.4 Å². The molecule has 0 aromatic heterocycles. The molecular weight excluding hydrogens is 432 g/mol. The predicted molar refractivity (Wildman–Crippen MR) is 115 cm³/mol. The molecule has 4 rings (SSSR count). The minimum absolute atomic E-state index is 0. The molecule has 4 unspecified atom stereocenters. The summed E-state index contributed by atoms with van der Waals surface area (Å²) in [5.74, 6) is 1.92. The summed E-state index contributed by atoms with van der Waals surface area (Å²) in [7, 11) is -3.29. The minimum Gasteiger partial charge on any atom is -0.454 e. The zero-order valence-corrected chi connectivity index (χ0v) is 18.9. The smallest absolute Gasteiger partial charge is 0.231 e. The lowest BCUT2D eigenvalue weighted by Gasteiger charge is -2.34. The fourth-order valence-electron chi connectivity index (χ4n) is 4.16. The van der Waals surface area contributed by atoms with E-state index < -0.39 is 10.0 Å². The van der Waals surface area contributed by atoms with Crippen LogP contribution in [0.15, 0.2) is 18.2 Å². The number of hydrazine groups is 1. The number of nitrogens with zero attached hydrogens (tertiary/aromatic N) is 1. The molecule has 0 bridgehead atoms. The van der Waals surface area contributed by atoms with Crippen LogP contribution in [0, 0.1) is 5.92 Å². The van der Waals surface area contributed by atoms with Crippen molar-refractivity contribution in [2.45, 2.75) is 32.1 Å². The van der Waals surface area contributed by atoms with Crippen LogP contribution >= 0.6 is 12.4 Å². The number of morpholine rings is 1. The Morgan fingerprint density at radius 2 is 1.90 bits per heavy atom. The topological polar surface area (TPSA) is 101 Å². The SMILES string of the molecule is CC1CN(S(=O)(=O)CCNCC2CNNC2c2ccc3c(c2)OCO3)CC(C)O1.Cl. The Balaban J connectivity index is 0.00000256. The van der Waals surface area contributed by atoms with E-state index >= 15 is 0 Å².